The van der Waals surface area contributed by atoms with Gasteiger partial charge in [-0.15, -0.1) is 0 Å². The molecule has 13 aromatic carbocycles. The van der Waals surface area contributed by atoms with Crippen molar-refractivity contribution in [2.45, 2.75) is 13.2 Å². The minimum absolute atomic E-state index is 0.111. The fourth-order valence-corrected chi connectivity index (χ4v) is 13.9. The molecule has 4 heterocycles. The molecule has 15 aromatic rings. The molecule has 12 heteroatoms. The second kappa shape index (κ2) is 24.9. The van der Waals surface area contributed by atoms with E-state index in [1.807, 2.05) is 218 Å². The van der Waals surface area contributed by atoms with Gasteiger partial charge in [0.1, 0.15) is 13.2 Å². The summed E-state index contributed by atoms with van der Waals surface area (Å²) < 4.78 is 14.4. The largest absolute Gasteiger partial charge is 0.457 e. The van der Waals surface area contributed by atoms with Crippen molar-refractivity contribution in [1.82, 2.24) is 19.5 Å². The number of aromatic nitrogens is 4. The van der Waals surface area contributed by atoms with Crippen LogP contribution in [-0.2, 0) is 22.7 Å². The SMILES string of the molecule is N#Cc1ccc(-n2c3ccc(-c4cc5c6c(c4)N(c4ccccc4)c4ccc(C(=O)OCc7ccccc7)cc4B6c4cc(C(=O)OCc6ccccc6)ccc4N5c4ccccc4)cc3c3ccc(-c4ccccc4)cc32)c(-c2nc(-c3ccccc3)nc(-c3ccccc3)n2)c1. The summed E-state index contributed by atoms with van der Waals surface area (Å²) in [5.41, 5.74) is 20.1. The molecule has 0 aliphatic carbocycles. The molecule has 0 fully saturated rings. The molecule has 2 aromatic heterocycles. The van der Waals surface area contributed by atoms with Crippen molar-refractivity contribution in [2.75, 3.05) is 9.80 Å². The first-order valence-electron chi connectivity index (χ1n) is 32.5. The van der Waals surface area contributed by atoms with E-state index in [1.165, 1.54) is 0 Å². The summed E-state index contributed by atoms with van der Waals surface area (Å²) in [5.74, 6) is 0.534. The minimum Gasteiger partial charge on any atom is -0.457 e. The summed E-state index contributed by atoms with van der Waals surface area (Å²) >= 11 is 0. The maximum absolute atomic E-state index is 14.4. The van der Waals surface area contributed by atoms with Crippen molar-refractivity contribution in [1.29, 1.82) is 5.26 Å². The van der Waals surface area contributed by atoms with Crippen LogP contribution in [-0.4, -0.2) is 38.2 Å². The third-order valence-corrected chi connectivity index (χ3v) is 18.5. The number of hydrogen-bond donors (Lipinski definition) is 0. The molecular formula is C86H56BN7O4. The van der Waals surface area contributed by atoms with E-state index in [1.54, 1.807) is 0 Å². The summed E-state index contributed by atoms with van der Waals surface area (Å²) in [6.07, 6.45) is 0. The molecule has 98 heavy (non-hydrogen) atoms. The average Bonchev–Trinajstić information content (AvgIpc) is 1.46. The molecule has 0 saturated carbocycles. The molecule has 11 nitrogen and oxygen atoms in total. The van der Waals surface area contributed by atoms with Gasteiger partial charge in [0.25, 0.3) is 6.71 Å². The van der Waals surface area contributed by atoms with Crippen molar-refractivity contribution >= 4 is 91.0 Å². The Balaban J connectivity index is 0.887. The van der Waals surface area contributed by atoms with Crippen molar-refractivity contribution in [3.8, 4) is 68.2 Å². The summed E-state index contributed by atoms with van der Waals surface area (Å²) in [6.45, 7) is -0.279. The summed E-state index contributed by atoms with van der Waals surface area (Å²) in [6, 6.07) is 108. The van der Waals surface area contributed by atoms with E-state index in [0.29, 0.717) is 39.7 Å². The van der Waals surface area contributed by atoms with Gasteiger partial charge in [0, 0.05) is 61.6 Å². The quantitative estimate of drug-likeness (QED) is 0.0767. The zero-order valence-electron chi connectivity index (χ0n) is 52.8. The van der Waals surface area contributed by atoms with Crippen LogP contribution in [0.4, 0.5) is 34.1 Å². The predicted octanol–water partition coefficient (Wildman–Crippen LogP) is 18.0. The number of carbonyl (C=O) groups excluding carboxylic acids is 2. The number of nitriles is 1. The molecule has 0 atom stereocenters. The lowest BCUT2D eigenvalue weighted by Crippen LogP contribution is -2.61. The van der Waals surface area contributed by atoms with Gasteiger partial charge in [-0.3, -0.25) is 0 Å². The van der Waals surface area contributed by atoms with E-state index in [2.05, 4.69) is 117 Å². The van der Waals surface area contributed by atoms with Gasteiger partial charge in [-0.25, -0.2) is 24.5 Å². The van der Waals surface area contributed by atoms with Crippen LogP contribution < -0.4 is 26.2 Å². The van der Waals surface area contributed by atoms with Crippen LogP contribution in [0.1, 0.15) is 37.4 Å². The first kappa shape index (κ1) is 58.6. The van der Waals surface area contributed by atoms with Gasteiger partial charge in [0.05, 0.1) is 39.5 Å². The third kappa shape index (κ3) is 10.7. The van der Waals surface area contributed by atoms with Gasteiger partial charge in [0.15, 0.2) is 17.5 Å². The highest BCUT2D eigenvalue weighted by atomic mass is 16.5. The van der Waals surface area contributed by atoms with E-state index in [-0.39, 0.29) is 13.2 Å². The number of benzene rings is 13. The highest BCUT2D eigenvalue weighted by Gasteiger charge is 2.44. The Kier molecular flexibility index (Phi) is 14.9. The van der Waals surface area contributed by atoms with Crippen LogP contribution in [0.25, 0.3) is 83.9 Å². The Labute approximate surface area is 566 Å². The first-order valence-corrected chi connectivity index (χ1v) is 32.5. The fraction of sp³-hybridized carbons (Fsp3) is 0.0233. The lowest BCUT2D eigenvalue weighted by molar-refractivity contribution is 0.0464. The maximum atomic E-state index is 14.4. The lowest BCUT2D eigenvalue weighted by atomic mass is 9.33. The van der Waals surface area contributed by atoms with E-state index < -0.39 is 18.7 Å². The second-order valence-electron chi connectivity index (χ2n) is 24.4. The molecule has 2 aliphatic heterocycles. The topological polar surface area (TPSA) is 126 Å². The molecular weight excluding hydrogens is 1210 g/mol. The van der Waals surface area contributed by atoms with Crippen molar-refractivity contribution in [3.05, 3.63) is 343 Å². The lowest BCUT2D eigenvalue weighted by Gasteiger charge is -2.44. The molecule has 0 saturated heterocycles. The van der Waals surface area contributed by atoms with Gasteiger partial charge in [-0.1, -0.05) is 218 Å². The molecule has 17 rings (SSSR count). The highest BCUT2D eigenvalue weighted by molar-refractivity contribution is 7.00. The van der Waals surface area contributed by atoms with E-state index in [9.17, 15) is 14.9 Å². The van der Waals surface area contributed by atoms with Crippen LogP contribution in [0, 0.1) is 11.3 Å². The number of nitrogens with zero attached hydrogens (tertiary/aromatic N) is 7. The van der Waals surface area contributed by atoms with Crippen LogP contribution in [0.2, 0.25) is 0 Å². The Hall–Kier alpha value is -13.2. The summed E-state index contributed by atoms with van der Waals surface area (Å²) in [4.78, 5) is 49.0. The minimum atomic E-state index is -0.500. The molecule has 0 spiro atoms. The molecule has 0 radical (unpaired) electrons. The number of rotatable bonds is 14. The van der Waals surface area contributed by atoms with E-state index in [0.717, 1.165) is 123 Å². The maximum Gasteiger partial charge on any atom is 0.338 e. The Morgan fingerprint density at radius 3 is 1.33 bits per heavy atom. The summed E-state index contributed by atoms with van der Waals surface area (Å²) in [5, 5.41) is 12.7. The van der Waals surface area contributed by atoms with Crippen LogP contribution in [0.3, 0.4) is 0 Å². The van der Waals surface area contributed by atoms with Crippen LogP contribution in [0.15, 0.2) is 315 Å². The number of fused-ring (bicyclic) bond motifs is 7. The number of carbonyl (C=O) groups is 2. The third-order valence-electron chi connectivity index (χ3n) is 18.5. The van der Waals surface area contributed by atoms with Crippen LogP contribution >= 0.6 is 0 Å². The Morgan fingerprint density at radius 1 is 0.367 bits per heavy atom. The molecule has 0 unspecified atom stereocenters. The van der Waals surface area contributed by atoms with Gasteiger partial charge in [0.2, 0.25) is 0 Å². The first-order chi connectivity index (χ1) is 48.4. The smallest absolute Gasteiger partial charge is 0.338 e. The van der Waals surface area contributed by atoms with Gasteiger partial charge in [-0.2, -0.15) is 5.26 Å². The van der Waals surface area contributed by atoms with Crippen molar-refractivity contribution in [2.24, 2.45) is 0 Å². The fourth-order valence-electron chi connectivity index (χ4n) is 13.9. The Morgan fingerprint density at radius 2 is 0.816 bits per heavy atom. The molecule has 0 bridgehead atoms. The highest BCUT2D eigenvalue weighted by Crippen LogP contribution is 2.48. The normalized spacial score (nSPS) is 12.0. The molecule has 462 valence electrons. The zero-order chi connectivity index (χ0) is 65.6. The number of anilines is 6. The molecule has 2 aliphatic rings. The predicted molar refractivity (Wildman–Crippen MR) is 391 cm³/mol. The van der Waals surface area contributed by atoms with Crippen molar-refractivity contribution in [3.63, 3.8) is 0 Å². The zero-order valence-corrected chi connectivity index (χ0v) is 52.8. The van der Waals surface area contributed by atoms with Crippen molar-refractivity contribution < 1.29 is 19.1 Å². The number of ether oxygens (including phenoxy) is 2. The molecule has 0 amide bonds. The number of esters is 2. The van der Waals surface area contributed by atoms with E-state index in [4.69, 9.17) is 24.4 Å². The van der Waals surface area contributed by atoms with Crippen LogP contribution in [0.5, 0.6) is 0 Å². The Bertz CT molecular complexity index is 5410. The molecule has 0 N–H and O–H groups in total. The second-order valence-corrected chi connectivity index (χ2v) is 24.4. The standard InChI is InChI=1S/C86H56BN7O4/c88-53-58-36-42-75(71(46-58)84-90-82(60-28-14-4-15-29-60)89-83(91-84)61-30-16-5-17-31-61)94-74-43-38-62(47-70(74)69-41-37-63(50-78(69)94)59-26-12-3-13-27-59)66-51-79-81-80(52-66)93(68-34-20-7-21-35-68)77-45-40-65(86(96)98-55-57-24-10-2-11-25-57)49-73(77)87(81)72-48-64(85(95)97-54-56-22-8-1-9-23-56)39-44-76(72)92(79)67-32-18-6-19-33-67/h1-52H,54-55H2. The average molecular weight is 1260 g/mol. The van der Waals surface area contributed by atoms with E-state index >= 15 is 0 Å². The van der Waals surface area contributed by atoms with Gasteiger partial charge >= 0.3 is 11.9 Å². The number of hydrogen-bond acceptors (Lipinski definition) is 10. The monoisotopic (exact) mass is 1260 g/mol. The van der Waals surface area contributed by atoms with Gasteiger partial charge < -0.3 is 23.8 Å². The summed E-state index contributed by atoms with van der Waals surface area (Å²) in [7, 11) is 0. The number of para-hydroxylation sites is 2. The van der Waals surface area contributed by atoms with Gasteiger partial charge in [-0.05, 0) is 147 Å².